The molecule has 1 aromatic carbocycles. The first-order chi connectivity index (χ1) is 12.6. The molecular formula is C18H21N3O5. The molecule has 0 saturated carbocycles. The van der Waals surface area contributed by atoms with E-state index in [1.54, 1.807) is 16.8 Å². The topological polar surface area (TPSA) is 106 Å². The number of nitrogens with one attached hydrogen (secondary N) is 2. The van der Waals surface area contributed by atoms with Crippen molar-refractivity contribution in [3.63, 3.8) is 0 Å². The van der Waals surface area contributed by atoms with E-state index < -0.39 is 5.92 Å². The Morgan fingerprint density at radius 3 is 2.77 bits per heavy atom. The zero-order valence-electron chi connectivity index (χ0n) is 14.4. The minimum Gasteiger partial charge on any atom is -0.504 e. The molecule has 1 saturated heterocycles. The first-order valence-corrected chi connectivity index (χ1v) is 8.67. The van der Waals surface area contributed by atoms with E-state index >= 15 is 0 Å². The summed E-state index contributed by atoms with van der Waals surface area (Å²) in [5.74, 6) is 0.336. The van der Waals surface area contributed by atoms with Crippen molar-refractivity contribution in [2.75, 3.05) is 25.6 Å². The monoisotopic (exact) mass is 359 g/mol. The smallest absolute Gasteiger partial charge is 0.270 e. The standard InChI is InChI=1S/C18H21N3O5/c1-25-14-8-10(2-3-13(14)22)12-9-15(23)19-17-16(12)18(24)20-21(17)11-4-6-26-7-5-11/h2-3,8,11-12,22H,4-7,9H2,1H3,(H,19,23)(H,20,24). The highest BCUT2D eigenvalue weighted by Crippen LogP contribution is 2.39. The molecule has 8 nitrogen and oxygen atoms in total. The number of fused-ring (bicyclic) bond motifs is 1. The second kappa shape index (κ2) is 6.53. The number of phenolic OH excluding ortho intramolecular Hbond substituents is 1. The molecular weight excluding hydrogens is 338 g/mol. The van der Waals surface area contributed by atoms with Crippen molar-refractivity contribution < 1.29 is 19.4 Å². The molecule has 0 spiro atoms. The number of ether oxygens (including phenoxy) is 2. The van der Waals surface area contributed by atoms with E-state index in [-0.39, 0.29) is 29.7 Å². The molecule has 2 aliphatic rings. The highest BCUT2D eigenvalue weighted by Gasteiger charge is 2.34. The Morgan fingerprint density at radius 1 is 1.27 bits per heavy atom. The number of aromatic hydroxyl groups is 1. The van der Waals surface area contributed by atoms with Crippen molar-refractivity contribution in [1.29, 1.82) is 0 Å². The Hall–Kier alpha value is -2.74. The summed E-state index contributed by atoms with van der Waals surface area (Å²) in [4.78, 5) is 25.0. The second-order valence-electron chi connectivity index (χ2n) is 6.65. The van der Waals surface area contributed by atoms with Gasteiger partial charge in [0, 0.05) is 25.6 Å². The van der Waals surface area contributed by atoms with Gasteiger partial charge in [-0.25, -0.2) is 0 Å². The average Bonchev–Trinajstić information content (AvgIpc) is 2.98. The zero-order valence-corrected chi connectivity index (χ0v) is 14.4. The number of benzene rings is 1. The lowest BCUT2D eigenvalue weighted by Crippen LogP contribution is -2.28. The summed E-state index contributed by atoms with van der Waals surface area (Å²) >= 11 is 0. The SMILES string of the molecule is COc1cc(C2CC(=O)Nc3c2c(=O)[nH]n3C2CCOCC2)ccc1O. The summed E-state index contributed by atoms with van der Waals surface area (Å²) in [7, 11) is 1.46. The lowest BCUT2D eigenvalue weighted by Gasteiger charge is -2.28. The van der Waals surface area contributed by atoms with Gasteiger partial charge in [0.2, 0.25) is 5.91 Å². The van der Waals surface area contributed by atoms with Gasteiger partial charge < -0.3 is 19.9 Å². The zero-order chi connectivity index (χ0) is 18.3. The Kier molecular flexibility index (Phi) is 4.20. The maximum Gasteiger partial charge on any atom is 0.270 e. The van der Waals surface area contributed by atoms with Crippen molar-refractivity contribution >= 4 is 11.7 Å². The summed E-state index contributed by atoms with van der Waals surface area (Å²) in [6, 6.07) is 5.00. The first kappa shape index (κ1) is 16.7. The third-order valence-corrected chi connectivity index (χ3v) is 5.12. The van der Waals surface area contributed by atoms with Gasteiger partial charge in [-0.05, 0) is 30.5 Å². The average molecular weight is 359 g/mol. The van der Waals surface area contributed by atoms with E-state index in [9.17, 15) is 14.7 Å². The summed E-state index contributed by atoms with van der Waals surface area (Å²) in [6.45, 7) is 1.26. The van der Waals surface area contributed by atoms with Gasteiger partial charge in [-0.1, -0.05) is 6.07 Å². The third-order valence-electron chi connectivity index (χ3n) is 5.12. The summed E-state index contributed by atoms with van der Waals surface area (Å²) in [5.41, 5.74) is 1.10. The number of nitrogens with zero attached hydrogens (tertiary/aromatic N) is 1. The predicted octanol–water partition coefficient (Wildman–Crippen LogP) is 1.72. The van der Waals surface area contributed by atoms with Crippen LogP contribution in [0.4, 0.5) is 5.82 Å². The van der Waals surface area contributed by atoms with E-state index in [1.807, 2.05) is 0 Å². The lowest BCUT2D eigenvalue weighted by atomic mass is 9.87. The predicted molar refractivity (Wildman–Crippen MR) is 93.9 cm³/mol. The highest BCUT2D eigenvalue weighted by molar-refractivity contribution is 5.94. The summed E-state index contributed by atoms with van der Waals surface area (Å²) in [5, 5.41) is 15.6. The van der Waals surface area contributed by atoms with Crippen molar-refractivity contribution in [3.8, 4) is 11.5 Å². The molecule has 138 valence electrons. The maximum absolute atomic E-state index is 12.7. The maximum atomic E-state index is 12.7. The Labute approximate surface area is 149 Å². The van der Waals surface area contributed by atoms with E-state index in [0.29, 0.717) is 30.3 Å². The normalized spacial score (nSPS) is 20.5. The van der Waals surface area contributed by atoms with Crippen molar-refractivity contribution in [2.45, 2.75) is 31.2 Å². The van der Waals surface area contributed by atoms with Crippen LogP contribution in [-0.4, -0.2) is 41.1 Å². The largest absolute Gasteiger partial charge is 0.504 e. The number of amides is 1. The third kappa shape index (κ3) is 2.76. The van der Waals surface area contributed by atoms with Gasteiger partial charge in [0.05, 0.1) is 18.7 Å². The molecule has 0 radical (unpaired) electrons. The Bertz CT molecular complexity index is 895. The van der Waals surface area contributed by atoms with E-state index in [0.717, 1.165) is 18.4 Å². The van der Waals surface area contributed by atoms with Gasteiger partial charge in [0.25, 0.3) is 5.56 Å². The molecule has 2 aromatic rings. The Morgan fingerprint density at radius 2 is 2.04 bits per heavy atom. The van der Waals surface area contributed by atoms with Crippen LogP contribution in [0.15, 0.2) is 23.0 Å². The van der Waals surface area contributed by atoms with Crippen LogP contribution in [0.3, 0.4) is 0 Å². The molecule has 4 rings (SSSR count). The number of rotatable bonds is 3. The van der Waals surface area contributed by atoms with Gasteiger partial charge in [0.1, 0.15) is 5.82 Å². The van der Waals surface area contributed by atoms with Crippen LogP contribution in [0, 0.1) is 0 Å². The number of anilines is 1. The molecule has 1 atom stereocenters. The first-order valence-electron chi connectivity index (χ1n) is 8.67. The number of aromatic nitrogens is 2. The molecule has 0 aliphatic carbocycles. The van der Waals surface area contributed by atoms with Crippen molar-refractivity contribution in [1.82, 2.24) is 9.78 Å². The van der Waals surface area contributed by atoms with E-state index in [4.69, 9.17) is 9.47 Å². The molecule has 1 unspecified atom stereocenters. The number of methoxy groups -OCH3 is 1. The van der Waals surface area contributed by atoms with E-state index in [1.165, 1.54) is 13.2 Å². The van der Waals surface area contributed by atoms with Crippen molar-refractivity contribution in [2.24, 2.45) is 0 Å². The van der Waals surface area contributed by atoms with Crippen molar-refractivity contribution in [3.05, 3.63) is 39.7 Å². The number of H-pyrrole nitrogens is 1. The minimum absolute atomic E-state index is 0.0189. The van der Waals surface area contributed by atoms with Crippen LogP contribution in [0.25, 0.3) is 0 Å². The van der Waals surface area contributed by atoms with Gasteiger partial charge in [0.15, 0.2) is 11.5 Å². The van der Waals surface area contributed by atoms with E-state index in [2.05, 4.69) is 10.4 Å². The van der Waals surface area contributed by atoms with Crippen LogP contribution in [0.1, 0.15) is 42.3 Å². The highest BCUT2D eigenvalue weighted by atomic mass is 16.5. The molecule has 8 heteroatoms. The lowest BCUT2D eigenvalue weighted by molar-refractivity contribution is -0.116. The number of hydrogen-bond acceptors (Lipinski definition) is 5. The number of hydrogen-bond donors (Lipinski definition) is 3. The number of carbonyl (C=O) groups excluding carboxylic acids is 1. The molecule has 3 heterocycles. The van der Waals surface area contributed by atoms with Crippen LogP contribution in [0.5, 0.6) is 11.5 Å². The molecule has 0 bridgehead atoms. The van der Waals surface area contributed by atoms with Gasteiger partial charge >= 0.3 is 0 Å². The van der Waals surface area contributed by atoms with Crippen LogP contribution < -0.4 is 15.6 Å². The quantitative estimate of drug-likeness (QED) is 0.774. The number of carbonyl (C=O) groups is 1. The second-order valence-corrected chi connectivity index (χ2v) is 6.65. The van der Waals surface area contributed by atoms with Crippen LogP contribution >= 0.6 is 0 Å². The number of aromatic amines is 1. The van der Waals surface area contributed by atoms with Gasteiger partial charge in [-0.15, -0.1) is 0 Å². The molecule has 1 fully saturated rings. The van der Waals surface area contributed by atoms with Gasteiger partial charge in [-0.3, -0.25) is 19.4 Å². The molecule has 26 heavy (non-hydrogen) atoms. The number of phenols is 1. The van der Waals surface area contributed by atoms with Gasteiger partial charge in [-0.2, -0.15) is 0 Å². The van der Waals surface area contributed by atoms with Crippen LogP contribution in [-0.2, 0) is 9.53 Å². The molecule has 1 aromatic heterocycles. The molecule has 2 aliphatic heterocycles. The molecule has 3 N–H and O–H groups in total. The Balaban J connectivity index is 1.80. The fourth-order valence-electron chi connectivity index (χ4n) is 3.80. The van der Waals surface area contributed by atoms with Crippen LogP contribution in [0.2, 0.25) is 0 Å². The fourth-order valence-corrected chi connectivity index (χ4v) is 3.80. The fraction of sp³-hybridized carbons (Fsp3) is 0.444. The minimum atomic E-state index is -0.391. The molecule has 1 amide bonds. The summed E-state index contributed by atoms with van der Waals surface area (Å²) < 4.78 is 12.3. The summed E-state index contributed by atoms with van der Waals surface area (Å²) in [6.07, 6.45) is 1.73.